The Kier molecular flexibility index (Phi) is 4.53. The molecule has 1 fully saturated rings. The van der Waals surface area contributed by atoms with E-state index >= 15 is 0 Å². The predicted molar refractivity (Wildman–Crippen MR) is 102 cm³/mol. The van der Waals surface area contributed by atoms with Gasteiger partial charge in [-0.1, -0.05) is 17.7 Å². The van der Waals surface area contributed by atoms with Crippen LogP contribution < -0.4 is 19.7 Å². The fourth-order valence-corrected chi connectivity index (χ4v) is 3.41. The lowest BCUT2D eigenvalue weighted by Gasteiger charge is -2.39. The van der Waals surface area contributed by atoms with Crippen LogP contribution in [0.15, 0.2) is 42.5 Å². The van der Waals surface area contributed by atoms with E-state index in [9.17, 15) is 9.59 Å². The summed E-state index contributed by atoms with van der Waals surface area (Å²) in [5.74, 6) is 1.13. The predicted octanol–water partition coefficient (Wildman–Crippen LogP) is 3.34. The average molecular weight is 388 g/mol. The van der Waals surface area contributed by atoms with Crippen LogP contribution in [0, 0.1) is 0 Å². The Morgan fingerprint density at radius 3 is 2.78 bits per heavy atom. The van der Waals surface area contributed by atoms with Crippen LogP contribution in [-0.4, -0.2) is 42.8 Å². The van der Waals surface area contributed by atoms with Gasteiger partial charge in [-0.15, -0.1) is 0 Å². The van der Waals surface area contributed by atoms with Gasteiger partial charge in [0.1, 0.15) is 6.04 Å². The highest BCUT2D eigenvalue weighted by atomic mass is 35.5. The maximum atomic E-state index is 12.9. The molecular formula is C19H18ClN3O4. The highest BCUT2D eigenvalue weighted by Gasteiger charge is 2.35. The van der Waals surface area contributed by atoms with E-state index in [0.29, 0.717) is 35.3 Å². The normalized spacial score (nSPS) is 18.6. The molecule has 0 unspecified atom stereocenters. The third kappa shape index (κ3) is 3.38. The second kappa shape index (κ2) is 7.00. The zero-order valence-corrected chi connectivity index (χ0v) is 15.4. The Bertz CT molecular complexity index is 904. The first-order valence-corrected chi connectivity index (χ1v) is 8.95. The molecule has 4 rings (SSSR count). The van der Waals surface area contributed by atoms with Gasteiger partial charge in [0.15, 0.2) is 11.5 Å². The lowest BCUT2D eigenvalue weighted by molar-refractivity contribution is -0.123. The van der Waals surface area contributed by atoms with E-state index in [2.05, 4.69) is 5.32 Å². The summed E-state index contributed by atoms with van der Waals surface area (Å²) >= 11 is 5.95. The van der Waals surface area contributed by atoms with Crippen LogP contribution >= 0.6 is 11.6 Å². The second-order valence-corrected chi connectivity index (χ2v) is 6.77. The van der Waals surface area contributed by atoms with Crippen LogP contribution in [0.4, 0.5) is 16.2 Å². The van der Waals surface area contributed by atoms with E-state index in [0.717, 1.165) is 5.69 Å². The molecule has 7 nitrogen and oxygen atoms in total. The number of ether oxygens (including phenoxy) is 2. The molecule has 140 valence electrons. The van der Waals surface area contributed by atoms with Crippen LogP contribution in [0.5, 0.6) is 11.5 Å². The van der Waals surface area contributed by atoms with Gasteiger partial charge in [-0.05, 0) is 37.3 Å². The van der Waals surface area contributed by atoms with Crippen molar-refractivity contribution in [2.24, 2.45) is 0 Å². The summed E-state index contributed by atoms with van der Waals surface area (Å²) < 4.78 is 10.7. The molecule has 2 aliphatic heterocycles. The largest absolute Gasteiger partial charge is 0.454 e. The number of nitrogens with one attached hydrogen (secondary N) is 1. The number of benzene rings is 2. The molecule has 0 radical (unpaired) electrons. The number of carbonyl (C=O) groups is 2. The first-order valence-electron chi connectivity index (χ1n) is 8.57. The van der Waals surface area contributed by atoms with Crippen molar-refractivity contribution < 1.29 is 19.1 Å². The minimum Gasteiger partial charge on any atom is -0.454 e. The van der Waals surface area contributed by atoms with Crippen LogP contribution in [0.3, 0.4) is 0 Å². The molecule has 2 aliphatic rings. The first kappa shape index (κ1) is 17.5. The van der Waals surface area contributed by atoms with Crippen molar-refractivity contribution in [2.75, 3.05) is 30.1 Å². The molecule has 0 saturated carbocycles. The SMILES string of the molecule is C[C@H]1C(=O)N(c2ccc3c(c2)OCO3)CCN1C(=O)Nc1cccc(Cl)c1. The van der Waals surface area contributed by atoms with E-state index in [1.54, 1.807) is 48.2 Å². The second-order valence-electron chi connectivity index (χ2n) is 6.34. The van der Waals surface area contributed by atoms with Gasteiger partial charge in [-0.3, -0.25) is 4.79 Å². The van der Waals surface area contributed by atoms with Crippen LogP contribution in [0.1, 0.15) is 6.92 Å². The minimum atomic E-state index is -0.594. The molecule has 1 atom stereocenters. The Morgan fingerprint density at radius 2 is 1.96 bits per heavy atom. The third-order valence-corrected chi connectivity index (χ3v) is 4.90. The Hall–Kier alpha value is -2.93. The van der Waals surface area contributed by atoms with Gasteiger partial charge >= 0.3 is 6.03 Å². The number of hydrogen-bond acceptors (Lipinski definition) is 4. The van der Waals surface area contributed by atoms with Crippen LogP contribution in [0.25, 0.3) is 0 Å². The number of nitrogens with zero attached hydrogens (tertiary/aromatic N) is 2. The maximum absolute atomic E-state index is 12.9. The number of amides is 3. The molecule has 2 aromatic carbocycles. The smallest absolute Gasteiger partial charge is 0.322 e. The summed E-state index contributed by atoms with van der Waals surface area (Å²) in [6.45, 7) is 2.71. The van der Waals surface area contributed by atoms with Crippen molar-refractivity contribution in [1.82, 2.24) is 4.90 Å². The molecular weight excluding hydrogens is 370 g/mol. The molecule has 0 bridgehead atoms. The van der Waals surface area contributed by atoms with Gasteiger partial charge in [0.2, 0.25) is 12.7 Å². The van der Waals surface area contributed by atoms with Crippen LogP contribution in [0.2, 0.25) is 5.02 Å². The summed E-state index contributed by atoms with van der Waals surface area (Å²) in [7, 11) is 0. The topological polar surface area (TPSA) is 71.1 Å². The molecule has 1 saturated heterocycles. The maximum Gasteiger partial charge on any atom is 0.322 e. The summed E-state index contributed by atoms with van der Waals surface area (Å²) in [5, 5.41) is 3.32. The molecule has 1 N–H and O–H groups in total. The Morgan fingerprint density at radius 1 is 1.15 bits per heavy atom. The summed E-state index contributed by atoms with van der Waals surface area (Å²) in [6, 6.07) is 11.4. The first-order chi connectivity index (χ1) is 13.0. The van der Waals surface area contributed by atoms with Crippen molar-refractivity contribution in [3.63, 3.8) is 0 Å². The number of fused-ring (bicyclic) bond motifs is 1. The molecule has 27 heavy (non-hydrogen) atoms. The zero-order chi connectivity index (χ0) is 19.0. The van der Waals surface area contributed by atoms with Crippen LogP contribution in [-0.2, 0) is 4.79 Å². The Labute approximate surface area is 161 Å². The standard InChI is InChI=1S/C19H18ClN3O4/c1-12-18(24)23(15-5-6-16-17(10-15)27-11-26-16)8-7-22(12)19(25)21-14-4-2-3-13(20)9-14/h2-6,9-10,12H,7-8,11H2,1H3,(H,21,25)/t12-/m0/s1. The monoisotopic (exact) mass is 387 g/mol. The van der Waals surface area contributed by atoms with E-state index in [1.165, 1.54) is 4.90 Å². The summed E-state index contributed by atoms with van der Waals surface area (Å²) in [4.78, 5) is 28.6. The number of halogens is 1. The van der Waals surface area contributed by atoms with Gasteiger partial charge in [-0.2, -0.15) is 0 Å². The van der Waals surface area contributed by atoms with E-state index < -0.39 is 6.04 Å². The summed E-state index contributed by atoms with van der Waals surface area (Å²) in [6.07, 6.45) is 0. The van der Waals surface area contributed by atoms with Crippen molar-refractivity contribution in [3.8, 4) is 11.5 Å². The number of piperazine rings is 1. The molecule has 0 aliphatic carbocycles. The van der Waals surface area contributed by atoms with Crippen molar-refractivity contribution >= 4 is 34.9 Å². The van der Waals surface area contributed by atoms with Gasteiger partial charge in [0.05, 0.1) is 0 Å². The lowest BCUT2D eigenvalue weighted by atomic mass is 10.1. The molecule has 2 aromatic rings. The van der Waals surface area contributed by atoms with Crippen molar-refractivity contribution in [3.05, 3.63) is 47.5 Å². The number of urea groups is 1. The molecule has 8 heteroatoms. The quantitative estimate of drug-likeness (QED) is 0.857. The average Bonchev–Trinajstić information content (AvgIpc) is 3.11. The molecule has 3 amide bonds. The van der Waals surface area contributed by atoms with Crippen molar-refractivity contribution in [1.29, 1.82) is 0 Å². The molecule has 0 aromatic heterocycles. The van der Waals surface area contributed by atoms with Gasteiger partial charge in [0.25, 0.3) is 0 Å². The molecule has 0 spiro atoms. The zero-order valence-electron chi connectivity index (χ0n) is 14.6. The highest BCUT2D eigenvalue weighted by Crippen LogP contribution is 2.36. The van der Waals surface area contributed by atoms with E-state index in [4.69, 9.17) is 21.1 Å². The van der Waals surface area contributed by atoms with E-state index in [1.807, 2.05) is 6.07 Å². The lowest BCUT2D eigenvalue weighted by Crippen LogP contribution is -2.58. The summed E-state index contributed by atoms with van der Waals surface area (Å²) in [5.41, 5.74) is 1.32. The fraction of sp³-hybridized carbons (Fsp3) is 0.263. The number of rotatable bonds is 2. The van der Waals surface area contributed by atoms with Gasteiger partial charge in [0, 0.05) is 35.6 Å². The number of hydrogen-bond donors (Lipinski definition) is 1. The highest BCUT2D eigenvalue weighted by molar-refractivity contribution is 6.30. The minimum absolute atomic E-state index is 0.152. The molecule has 2 heterocycles. The van der Waals surface area contributed by atoms with Gasteiger partial charge < -0.3 is 24.6 Å². The van der Waals surface area contributed by atoms with E-state index in [-0.39, 0.29) is 18.7 Å². The number of carbonyl (C=O) groups excluding carboxylic acids is 2. The van der Waals surface area contributed by atoms with Gasteiger partial charge in [-0.25, -0.2) is 4.79 Å². The van der Waals surface area contributed by atoms with Crippen molar-refractivity contribution in [2.45, 2.75) is 13.0 Å². The fourth-order valence-electron chi connectivity index (χ4n) is 3.22. The Balaban J connectivity index is 1.47. The third-order valence-electron chi connectivity index (χ3n) is 4.66. The number of anilines is 2.